The van der Waals surface area contributed by atoms with Gasteiger partial charge in [0.1, 0.15) is 5.82 Å². The highest BCUT2D eigenvalue weighted by Gasteiger charge is 2.45. The molecule has 9 heteroatoms. The normalized spacial score (nSPS) is 28.2. The SMILES string of the molecule is Cl.NC1CCC2CN(S(=O)(=O)c3ccc(C(=O)N4CCCC4)c(F)c3)CC12. The van der Waals surface area contributed by atoms with Crippen LogP contribution in [0.1, 0.15) is 36.0 Å². The van der Waals surface area contributed by atoms with Crippen molar-refractivity contribution in [1.82, 2.24) is 9.21 Å². The number of halogens is 2. The zero-order valence-electron chi connectivity index (χ0n) is 15.0. The van der Waals surface area contributed by atoms with Crippen molar-refractivity contribution in [2.45, 2.75) is 36.6 Å². The van der Waals surface area contributed by atoms with E-state index in [0.717, 1.165) is 31.7 Å². The molecule has 2 aliphatic heterocycles. The number of carbonyl (C=O) groups is 1. The Balaban J connectivity index is 0.00000210. The van der Waals surface area contributed by atoms with E-state index in [0.29, 0.717) is 32.1 Å². The molecule has 0 radical (unpaired) electrons. The van der Waals surface area contributed by atoms with Crippen LogP contribution in [0.15, 0.2) is 23.1 Å². The van der Waals surface area contributed by atoms with E-state index in [4.69, 9.17) is 5.73 Å². The molecule has 150 valence electrons. The van der Waals surface area contributed by atoms with E-state index in [2.05, 4.69) is 0 Å². The molecule has 2 heterocycles. The van der Waals surface area contributed by atoms with Crippen LogP contribution >= 0.6 is 12.4 Å². The van der Waals surface area contributed by atoms with Gasteiger partial charge in [-0.2, -0.15) is 4.31 Å². The number of rotatable bonds is 3. The lowest BCUT2D eigenvalue weighted by atomic mass is 9.98. The van der Waals surface area contributed by atoms with E-state index in [1.54, 1.807) is 4.90 Å². The molecular formula is C18H25ClFN3O3S. The van der Waals surface area contributed by atoms with Crippen molar-refractivity contribution in [2.75, 3.05) is 26.2 Å². The minimum Gasteiger partial charge on any atom is -0.339 e. The number of sulfonamides is 1. The van der Waals surface area contributed by atoms with Crippen molar-refractivity contribution in [3.63, 3.8) is 0 Å². The smallest absolute Gasteiger partial charge is 0.256 e. The van der Waals surface area contributed by atoms with Crippen LogP contribution < -0.4 is 5.73 Å². The van der Waals surface area contributed by atoms with Crippen LogP contribution in [0.25, 0.3) is 0 Å². The first-order chi connectivity index (χ1) is 12.4. The van der Waals surface area contributed by atoms with Gasteiger partial charge in [0.25, 0.3) is 5.91 Å². The van der Waals surface area contributed by atoms with Gasteiger partial charge in [0.15, 0.2) is 0 Å². The van der Waals surface area contributed by atoms with Crippen molar-refractivity contribution in [3.8, 4) is 0 Å². The van der Waals surface area contributed by atoms with Crippen LogP contribution in [0, 0.1) is 17.7 Å². The van der Waals surface area contributed by atoms with E-state index in [-0.39, 0.29) is 40.7 Å². The minimum absolute atomic E-state index is 0. The Morgan fingerprint density at radius 3 is 2.48 bits per heavy atom. The second-order valence-corrected chi connectivity index (χ2v) is 9.57. The van der Waals surface area contributed by atoms with Gasteiger partial charge in [-0.3, -0.25) is 4.79 Å². The average Bonchev–Trinajstić information content (AvgIpc) is 3.33. The van der Waals surface area contributed by atoms with Crippen molar-refractivity contribution < 1.29 is 17.6 Å². The fourth-order valence-corrected chi connectivity index (χ4v) is 6.08. The number of amides is 1. The van der Waals surface area contributed by atoms with Crippen molar-refractivity contribution in [2.24, 2.45) is 17.6 Å². The first-order valence-corrected chi connectivity index (χ1v) is 10.7. The monoisotopic (exact) mass is 417 g/mol. The molecule has 3 fully saturated rings. The Hall–Kier alpha value is -1.22. The van der Waals surface area contributed by atoms with Crippen LogP contribution in [0.3, 0.4) is 0 Å². The lowest BCUT2D eigenvalue weighted by Crippen LogP contribution is -2.33. The van der Waals surface area contributed by atoms with Gasteiger partial charge in [-0.25, -0.2) is 12.8 Å². The molecule has 0 spiro atoms. The van der Waals surface area contributed by atoms with Gasteiger partial charge in [0, 0.05) is 32.2 Å². The maximum absolute atomic E-state index is 14.5. The highest BCUT2D eigenvalue weighted by Crippen LogP contribution is 2.39. The van der Waals surface area contributed by atoms with Crippen LogP contribution in [0.4, 0.5) is 4.39 Å². The molecule has 1 aromatic rings. The van der Waals surface area contributed by atoms with Gasteiger partial charge in [-0.1, -0.05) is 0 Å². The summed E-state index contributed by atoms with van der Waals surface area (Å²) in [6.45, 7) is 2.07. The van der Waals surface area contributed by atoms with Crippen LogP contribution in [-0.4, -0.2) is 55.8 Å². The van der Waals surface area contributed by atoms with E-state index in [1.807, 2.05) is 0 Å². The molecule has 1 saturated carbocycles. The number of hydrogen-bond donors (Lipinski definition) is 1. The van der Waals surface area contributed by atoms with Gasteiger partial charge in [0.05, 0.1) is 10.5 Å². The van der Waals surface area contributed by atoms with Gasteiger partial charge < -0.3 is 10.6 Å². The highest BCUT2D eigenvalue weighted by molar-refractivity contribution is 7.89. The quantitative estimate of drug-likeness (QED) is 0.813. The Morgan fingerprint density at radius 2 is 1.85 bits per heavy atom. The number of fused-ring (bicyclic) bond motifs is 1. The standard InChI is InChI=1S/C18H24FN3O3S.ClH/c19-16-9-13(4-5-14(16)18(23)21-7-1-2-8-21)26(24,25)22-10-12-3-6-17(20)15(12)11-22;/h4-5,9,12,15,17H,1-3,6-8,10-11,20H2;1H. The third-order valence-corrected chi connectivity index (χ3v) is 7.91. The summed E-state index contributed by atoms with van der Waals surface area (Å²) in [4.78, 5) is 13.9. The average molecular weight is 418 g/mol. The lowest BCUT2D eigenvalue weighted by Gasteiger charge is -2.19. The molecule has 0 aromatic heterocycles. The van der Waals surface area contributed by atoms with Crippen molar-refractivity contribution in [1.29, 1.82) is 0 Å². The topological polar surface area (TPSA) is 83.7 Å². The number of benzene rings is 1. The van der Waals surface area contributed by atoms with Gasteiger partial charge in [0.2, 0.25) is 10.0 Å². The molecule has 2 N–H and O–H groups in total. The molecule has 3 atom stereocenters. The third kappa shape index (κ3) is 3.60. The summed E-state index contributed by atoms with van der Waals surface area (Å²) in [7, 11) is -3.78. The van der Waals surface area contributed by atoms with E-state index in [9.17, 15) is 17.6 Å². The predicted octanol–water partition coefficient (Wildman–Crippen LogP) is 1.84. The molecule has 1 amide bonds. The van der Waals surface area contributed by atoms with Crippen molar-refractivity contribution in [3.05, 3.63) is 29.6 Å². The van der Waals surface area contributed by atoms with Gasteiger partial charge in [-0.05, 0) is 55.7 Å². The number of likely N-dealkylation sites (tertiary alicyclic amines) is 1. The molecule has 0 bridgehead atoms. The summed E-state index contributed by atoms with van der Waals surface area (Å²) in [5.74, 6) is -0.670. The van der Waals surface area contributed by atoms with E-state index >= 15 is 0 Å². The van der Waals surface area contributed by atoms with E-state index in [1.165, 1.54) is 16.4 Å². The number of hydrogen-bond acceptors (Lipinski definition) is 4. The van der Waals surface area contributed by atoms with Crippen LogP contribution in [-0.2, 0) is 10.0 Å². The molecule has 3 unspecified atom stereocenters. The maximum Gasteiger partial charge on any atom is 0.256 e. The molecule has 3 aliphatic rings. The summed E-state index contributed by atoms with van der Waals surface area (Å²) >= 11 is 0. The predicted molar refractivity (Wildman–Crippen MR) is 102 cm³/mol. The van der Waals surface area contributed by atoms with Gasteiger partial charge >= 0.3 is 0 Å². The maximum atomic E-state index is 14.5. The first kappa shape index (κ1) is 20.5. The van der Waals surface area contributed by atoms with Crippen molar-refractivity contribution >= 4 is 28.3 Å². The number of carbonyl (C=O) groups excluding carboxylic acids is 1. The largest absolute Gasteiger partial charge is 0.339 e. The highest BCUT2D eigenvalue weighted by atomic mass is 35.5. The zero-order valence-corrected chi connectivity index (χ0v) is 16.6. The van der Waals surface area contributed by atoms with Crippen LogP contribution in [0.2, 0.25) is 0 Å². The zero-order chi connectivity index (χ0) is 18.5. The van der Waals surface area contributed by atoms with Crippen LogP contribution in [0.5, 0.6) is 0 Å². The molecule has 1 aromatic carbocycles. The summed E-state index contributed by atoms with van der Waals surface area (Å²) in [5, 5.41) is 0. The second-order valence-electron chi connectivity index (χ2n) is 7.63. The Morgan fingerprint density at radius 1 is 1.15 bits per heavy atom. The molecule has 2 saturated heterocycles. The third-order valence-electron chi connectivity index (χ3n) is 6.08. The Kier molecular flexibility index (Phi) is 5.82. The Labute approximate surface area is 165 Å². The lowest BCUT2D eigenvalue weighted by molar-refractivity contribution is 0.0788. The fraction of sp³-hybridized carbons (Fsp3) is 0.611. The first-order valence-electron chi connectivity index (χ1n) is 9.22. The fourth-order valence-electron chi connectivity index (χ4n) is 4.53. The summed E-state index contributed by atoms with van der Waals surface area (Å²) in [6, 6.07) is 3.66. The molecule has 6 nitrogen and oxygen atoms in total. The van der Waals surface area contributed by atoms with E-state index < -0.39 is 15.8 Å². The summed E-state index contributed by atoms with van der Waals surface area (Å²) in [6.07, 6.45) is 3.71. The number of nitrogens with zero attached hydrogens (tertiary/aromatic N) is 2. The summed E-state index contributed by atoms with van der Waals surface area (Å²) < 4.78 is 41.7. The summed E-state index contributed by atoms with van der Waals surface area (Å²) in [5.41, 5.74) is 6.01. The molecule has 4 rings (SSSR count). The second kappa shape index (κ2) is 7.66. The number of nitrogens with two attached hydrogens (primary N) is 1. The molecular weight excluding hydrogens is 393 g/mol. The van der Waals surface area contributed by atoms with Gasteiger partial charge in [-0.15, -0.1) is 12.4 Å². The Bertz CT molecular complexity index is 829. The molecule has 27 heavy (non-hydrogen) atoms. The minimum atomic E-state index is -3.78. The molecule has 1 aliphatic carbocycles.